The highest BCUT2D eigenvalue weighted by Crippen LogP contribution is 2.45. The summed E-state index contributed by atoms with van der Waals surface area (Å²) in [6.07, 6.45) is 0. The van der Waals surface area contributed by atoms with E-state index in [9.17, 15) is 14.7 Å². The second kappa shape index (κ2) is 5.78. The second-order valence-corrected chi connectivity index (χ2v) is 6.98. The van der Waals surface area contributed by atoms with Gasteiger partial charge in [0.2, 0.25) is 10.9 Å². The number of carbonyl (C=O) groups is 2. The zero-order valence-corrected chi connectivity index (χ0v) is 13.9. The van der Waals surface area contributed by atoms with Gasteiger partial charge in [-0.3, -0.25) is 15.4 Å². The summed E-state index contributed by atoms with van der Waals surface area (Å²) in [5.74, 6) is -0.897. The van der Waals surface area contributed by atoms with Crippen molar-refractivity contribution in [1.29, 1.82) is 0 Å². The van der Waals surface area contributed by atoms with Crippen LogP contribution in [0.25, 0.3) is 0 Å². The number of nitrogens with zero attached hydrogens (tertiary/aromatic N) is 5. The largest absolute Gasteiger partial charge is 0.477 e. The molecule has 1 fully saturated rings. The van der Waals surface area contributed by atoms with Crippen LogP contribution < -0.4 is 5.73 Å². The number of β-lactam (4-membered cyclic amide) rings is 1. The molecule has 1 aromatic heterocycles. The Morgan fingerprint density at radius 2 is 2.39 bits per heavy atom. The zero-order valence-electron chi connectivity index (χ0n) is 12.3. The maximum Gasteiger partial charge on any atom is 0.352 e. The molecule has 23 heavy (non-hydrogen) atoms. The minimum atomic E-state index is -1.46. The molecule has 0 aromatic carbocycles. The number of methoxy groups -OCH3 is 1. The smallest absolute Gasteiger partial charge is 0.352 e. The Kier molecular flexibility index (Phi) is 4.08. The third kappa shape index (κ3) is 2.41. The quantitative estimate of drug-likeness (QED) is 0.377. The lowest BCUT2D eigenvalue weighted by Gasteiger charge is -2.54. The van der Waals surface area contributed by atoms with E-state index in [1.54, 1.807) is 7.05 Å². The Balaban J connectivity index is 1.85. The van der Waals surface area contributed by atoms with Crippen LogP contribution in [0, 0.1) is 0 Å². The van der Waals surface area contributed by atoms with Crippen molar-refractivity contribution in [3.05, 3.63) is 11.3 Å². The number of carboxylic acids is 1. The first-order valence-electron chi connectivity index (χ1n) is 6.50. The topological polar surface area (TPSA) is 136 Å². The molecule has 12 heteroatoms. The van der Waals surface area contributed by atoms with E-state index >= 15 is 0 Å². The number of aliphatic carboxylic acids is 1. The number of nitrogens with two attached hydrogens (primary N) is 1. The van der Waals surface area contributed by atoms with Gasteiger partial charge in [-0.05, 0) is 16.0 Å². The molecule has 0 bridgehead atoms. The number of rotatable bonds is 5. The summed E-state index contributed by atoms with van der Waals surface area (Å²) in [6.45, 7) is 0. The van der Waals surface area contributed by atoms with Crippen molar-refractivity contribution in [1.82, 2.24) is 25.1 Å². The van der Waals surface area contributed by atoms with Crippen LogP contribution >= 0.6 is 23.5 Å². The van der Waals surface area contributed by atoms with E-state index in [1.165, 1.54) is 40.2 Å². The van der Waals surface area contributed by atoms with Gasteiger partial charge in [-0.15, -0.1) is 16.9 Å². The summed E-state index contributed by atoms with van der Waals surface area (Å²) in [5.41, 5.74) is 5.03. The Labute approximate surface area is 139 Å². The number of fused-ring (bicyclic) bond motifs is 1. The average Bonchev–Trinajstić information content (AvgIpc) is 2.95. The minimum absolute atomic E-state index is 0.0282. The van der Waals surface area contributed by atoms with Crippen LogP contribution in [0.2, 0.25) is 0 Å². The van der Waals surface area contributed by atoms with Crippen molar-refractivity contribution in [3.63, 3.8) is 0 Å². The molecule has 2 atom stereocenters. The normalized spacial score (nSPS) is 27.0. The van der Waals surface area contributed by atoms with Gasteiger partial charge in [0, 0.05) is 25.7 Å². The van der Waals surface area contributed by atoms with Gasteiger partial charge in [0.1, 0.15) is 11.1 Å². The Morgan fingerprint density at radius 3 is 2.96 bits per heavy atom. The van der Waals surface area contributed by atoms with Crippen molar-refractivity contribution in [2.45, 2.75) is 16.3 Å². The fraction of sp³-hybridized carbons (Fsp3) is 0.545. The molecule has 3 rings (SSSR count). The van der Waals surface area contributed by atoms with Gasteiger partial charge in [0.25, 0.3) is 5.91 Å². The third-order valence-electron chi connectivity index (χ3n) is 3.64. The summed E-state index contributed by atoms with van der Waals surface area (Å²) >= 11 is 2.69. The number of carbonyl (C=O) groups excluding carboxylic acids is 1. The lowest BCUT2D eigenvalue weighted by atomic mass is 10.00. The van der Waals surface area contributed by atoms with E-state index in [2.05, 4.69) is 15.5 Å². The maximum atomic E-state index is 12.2. The molecule has 10 nitrogen and oxygen atoms in total. The number of amides is 1. The lowest BCUT2D eigenvalue weighted by Crippen LogP contribution is -2.78. The van der Waals surface area contributed by atoms with Gasteiger partial charge in [0.05, 0.1) is 0 Å². The SMILES string of the molecule is CO[C@@]1(N)C(=O)N2C(C(=O)O)=C(CSc3nnnn3C)CS[C@@H]21. The number of thioether (sulfide) groups is 2. The van der Waals surface area contributed by atoms with Crippen LogP contribution in [0.3, 0.4) is 0 Å². The summed E-state index contributed by atoms with van der Waals surface area (Å²) in [6, 6.07) is 0. The first kappa shape index (κ1) is 16.2. The summed E-state index contributed by atoms with van der Waals surface area (Å²) < 4.78 is 6.56. The minimum Gasteiger partial charge on any atom is -0.477 e. The van der Waals surface area contributed by atoms with E-state index in [0.717, 1.165) is 0 Å². The number of carboxylic acid groups (broad SMARTS) is 1. The molecule has 3 heterocycles. The summed E-state index contributed by atoms with van der Waals surface area (Å²) in [5, 5.41) is 20.6. The first-order valence-corrected chi connectivity index (χ1v) is 8.53. The molecule has 2 aliphatic rings. The molecular formula is C11H14N6O4S2. The number of hydrogen-bond donors (Lipinski definition) is 2. The molecule has 0 saturated carbocycles. The van der Waals surface area contributed by atoms with Gasteiger partial charge in [-0.25, -0.2) is 9.48 Å². The molecule has 124 valence electrons. The van der Waals surface area contributed by atoms with Gasteiger partial charge in [-0.1, -0.05) is 11.8 Å². The molecule has 1 saturated heterocycles. The molecule has 2 aliphatic heterocycles. The zero-order chi connectivity index (χ0) is 16.8. The standard InChI is InChI=1S/C11H14N6O4S2/c1-16-10(13-14-15-16)23-4-5-3-22-9-11(12,21-2)8(20)17(9)6(5)7(18)19/h9H,3-4,12H2,1-2H3,(H,18,19)/t9-,11+/m1/s1. The highest BCUT2D eigenvalue weighted by atomic mass is 32.2. The van der Waals surface area contributed by atoms with Gasteiger partial charge in [-0.2, -0.15) is 0 Å². The van der Waals surface area contributed by atoms with E-state index in [0.29, 0.717) is 22.2 Å². The summed E-state index contributed by atoms with van der Waals surface area (Å²) in [7, 11) is 3.03. The van der Waals surface area contributed by atoms with Crippen LogP contribution in [-0.4, -0.2) is 71.8 Å². The predicted octanol–water partition coefficient (Wildman–Crippen LogP) is -1.14. The monoisotopic (exact) mass is 358 g/mol. The van der Waals surface area contributed by atoms with Crippen molar-refractivity contribution < 1.29 is 19.4 Å². The number of tetrazole rings is 1. The fourth-order valence-electron chi connectivity index (χ4n) is 2.41. The van der Waals surface area contributed by atoms with Crippen LogP contribution in [0.15, 0.2) is 16.4 Å². The number of aryl methyl sites for hydroxylation is 1. The molecule has 0 spiro atoms. The lowest BCUT2D eigenvalue weighted by molar-refractivity contribution is -0.182. The van der Waals surface area contributed by atoms with E-state index in [-0.39, 0.29) is 5.70 Å². The van der Waals surface area contributed by atoms with Crippen molar-refractivity contribution >= 4 is 35.4 Å². The van der Waals surface area contributed by atoms with Crippen molar-refractivity contribution in [2.75, 3.05) is 18.6 Å². The fourth-order valence-corrected chi connectivity index (χ4v) is 4.79. The summed E-state index contributed by atoms with van der Waals surface area (Å²) in [4.78, 5) is 25.0. The second-order valence-electron chi connectivity index (χ2n) is 4.97. The number of ether oxygens (including phenoxy) is 1. The van der Waals surface area contributed by atoms with Crippen molar-refractivity contribution in [3.8, 4) is 0 Å². The number of hydrogen-bond acceptors (Lipinski definition) is 9. The molecule has 1 aromatic rings. The first-order chi connectivity index (χ1) is 10.9. The maximum absolute atomic E-state index is 12.2. The van der Waals surface area contributed by atoms with Crippen LogP contribution in [0.4, 0.5) is 0 Å². The van der Waals surface area contributed by atoms with Crippen LogP contribution in [0.1, 0.15) is 0 Å². The highest BCUT2D eigenvalue weighted by molar-refractivity contribution is 8.01. The van der Waals surface area contributed by atoms with Crippen molar-refractivity contribution in [2.24, 2.45) is 12.8 Å². The highest BCUT2D eigenvalue weighted by Gasteiger charge is 2.63. The van der Waals surface area contributed by atoms with Crippen LogP contribution in [0.5, 0.6) is 0 Å². The van der Waals surface area contributed by atoms with E-state index in [4.69, 9.17) is 10.5 Å². The molecule has 0 unspecified atom stereocenters. The Hall–Kier alpha value is -1.63. The van der Waals surface area contributed by atoms with Gasteiger partial charge in [0.15, 0.2) is 0 Å². The average molecular weight is 358 g/mol. The van der Waals surface area contributed by atoms with Gasteiger partial charge < -0.3 is 9.84 Å². The predicted molar refractivity (Wildman–Crippen MR) is 81.2 cm³/mol. The van der Waals surface area contributed by atoms with Crippen LogP contribution in [-0.2, 0) is 21.4 Å². The van der Waals surface area contributed by atoms with E-state index in [1.807, 2.05) is 0 Å². The molecular weight excluding hydrogens is 344 g/mol. The third-order valence-corrected chi connectivity index (χ3v) is 6.13. The molecule has 1 amide bonds. The Bertz CT molecular complexity index is 706. The van der Waals surface area contributed by atoms with Gasteiger partial charge >= 0.3 is 5.97 Å². The number of aromatic nitrogens is 4. The van der Waals surface area contributed by atoms with E-state index < -0.39 is 23.0 Å². The molecule has 0 radical (unpaired) electrons. The molecule has 3 N–H and O–H groups in total. The Morgan fingerprint density at radius 1 is 1.65 bits per heavy atom. The molecule has 0 aliphatic carbocycles.